The zero-order valence-electron chi connectivity index (χ0n) is 12.4. The second kappa shape index (κ2) is 7.05. The van der Waals surface area contributed by atoms with E-state index in [1.165, 1.54) is 7.11 Å². The number of methoxy groups -OCH3 is 1. The van der Waals surface area contributed by atoms with E-state index in [9.17, 15) is 9.59 Å². The maximum atomic E-state index is 11.8. The fraction of sp³-hybridized carbons (Fsp3) is 0.412. The van der Waals surface area contributed by atoms with Crippen LogP contribution in [0, 0.1) is 17.8 Å². The predicted octanol–water partition coefficient (Wildman–Crippen LogP) is 1.62. The number of hydrogen-bond donors (Lipinski definition) is 0. The smallest absolute Gasteiger partial charge is 0.317 e. The number of rotatable bonds is 3. The van der Waals surface area contributed by atoms with Crippen LogP contribution in [0.1, 0.15) is 24.5 Å². The standard InChI is InChI=1S/C17H19NO3/c1-3-5-13-6-4-7-14(10-13)11-18-9-8-16(19)15(12-18)17(20)21-2/h4,6-7,10,15H,8-9,11-12H2,1-2H3. The number of ketones is 1. The Bertz CT molecular complexity index is 590. The summed E-state index contributed by atoms with van der Waals surface area (Å²) in [5.74, 6) is 4.80. The highest BCUT2D eigenvalue weighted by Gasteiger charge is 2.33. The highest BCUT2D eigenvalue weighted by molar-refractivity contribution is 5.99. The molecule has 0 saturated carbocycles. The first kappa shape index (κ1) is 15.3. The zero-order chi connectivity index (χ0) is 15.2. The van der Waals surface area contributed by atoms with Gasteiger partial charge in [-0.05, 0) is 24.6 Å². The third kappa shape index (κ3) is 3.93. The van der Waals surface area contributed by atoms with Gasteiger partial charge >= 0.3 is 5.97 Å². The number of likely N-dealkylation sites (tertiary alicyclic amines) is 1. The minimum absolute atomic E-state index is 0.0244. The summed E-state index contributed by atoms with van der Waals surface area (Å²) in [4.78, 5) is 25.5. The Morgan fingerprint density at radius 3 is 3.00 bits per heavy atom. The number of esters is 1. The maximum Gasteiger partial charge on any atom is 0.317 e. The largest absolute Gasteiger partial charge is 0.468 e. The Morgan fingerprint density at radius 2 is 2.29 bits per heavy atom. The third-order valence-corrected chi connectivity index (χ3v) is 3.59. The first-order valence-electron chi connectivity index (χ1n) is 6.98. The van der Waals surface area contributed by atoms with E-state index in [2.05, 4.69) is 16.7 Å². The molecule has 0 N–H and O–H groups in total. The second-order valence-corrected chi connectivity index (χ2v) is 5.10. The minimum Gasteiger partial charge on any atom is -0.468 e. The van der Waals surface area contributed by atoms with E-state index in [0.717, 1.165) is 11.1 Å². The molecule has 1 fully saturated rings. The SMILES string of the molecule is CC#Cc1cccc(CN2CCC(=O)C(C(=O)OC)C2)c1. The quantitative estimate of drug-likeness (QED) is 0.481. The van der Waals surface area contributed by atoms with Crippen LogP contribution in [-0.4, -0.2) is 36.9 Å². The number of hydrogen-bond acceptors (Lipinski definition) is 4. The molecule has 1 atom stereocenters. The van der Waals surface area contributed by atoms with Crippen molar-refractivity contribution in [1.82, 2.24) is 4.90 Å². The van der Waals surface area contributed by atoms with Gasteiger partial charge in [-0.2, -0.15) is 0 Å². The molecule has 21 heavy (non-hydrogen) atoms. The van der Waals surface area contributed by atoms with Crippen LogP contribution in [0.5, 0.6) is 0 Å². The molecule has 0 bridgehead atoms. The number of piperidine rings is 1. The van der Waals surface area contributed by atoms with E-state index >= 15 is 0 Å². The lowest BCUT2D eigenvalue weighted by atomic mass is 9.96. The Kier molecular flexibility index (Phi) is 5.13. The molecule has 1 aliphatic rings. The van der Waals surface area contributed by atoms with Gasteiger partial charge in [-0.3, -0.25) is 14.5 Å². The Morgan fingerprint density at radius 1 is 1.48 bits per heavy atom. The van der Waals surface area contributed by atoms with Crippen molar-refractivity contribution in [2.45, 2.75) is 19.9 Å². The van der Waals surface area contributed by atoms with Crippen molar-refractivity contribution in [3.63, 3.8) is 0 Å². The molecule has 1 heterocycles. The van der Waals surface area contributed by atoms with E-state index in [4.69, 9.17) is 4.74 Å². The van der Waals surface area contributed by atoms with Crippen molar-refractivity contribution in [2.75, 3.05) is 20.2 Å². The molecular formula is C17H19NO3. The van der Waals surface area contributed by atoms with Crippen molar-refractivity contribution in [3.05, 3.63) is 35.4 Å². The van der Waals surface area contributed by atoms with Crippen molar-refractivity contribution < 1.29 is 14.3 Å². The van der Waals surface area contributed by atoms with Crippen molar-refractivity contribution in [3.8, 4) is 11.8 Å². The molecule has 1 aromatic carbocycles. The molecule has 1 aromatic rings. The summed E-state index contributed by atoms with van der Waals surface area (Å²) in [5, 5.41) is 0. The van der Waals surface area contributed by atoms with Gasteiger partial charge in [0.25, 0.3) is 0 Å². The molecule has 4 heteroatoms. The molecule has 1 unspecified atom stereocenters. The van der Waals surface area contributed by atoms with Gasteiger partial charge < -0.3 is 4.74 Å². The first-order chi connectivity index (χ1) is 10.1. The topological polar surface area (TPSA) is 46.6 Å². The van der Waals surface area contributed by atoms with Gasteiger partial charge in [0, 0.05) is 31.6 Å². The lowest BCUT2D eigenvalue weighted by Crippen LogP contribution is -2.44. The Balaban J connectivity index is 2.05. The summed E-state index contributed by atoms with van der Waals surface area (Å²) in [6.07, 6.45) is 0.397. The molecule has 0 aliphatic carbocycles. The van der Waals surface area contributed by atoms with Gasteiger partial charge in [-0.1, -0.05) is 18.1 Å². The summed E-state index contributed by atoms with van der Waals surface area (Å²) in [5.41, 5.74) is 2.11. The summed E-state index contributed by atoms with van der Waals surface area (Å²) < 4.78 is 4.71. The van der Waals surface area contributed by atoms with Gasteiger partial charge in [0.1, 0.15) is 11.7 Å². The van der Waals surface area contributed by atoms with Gasteiger partial charge in [0.2, 0.25) is 0 Å². The van der Waals surface area contributed by atoms with Gasteiger partial charge in [-0.15, -0.1) is 5.92 Å². The van der Waals surface area contributed by atoms with Crippen molar-refractivity contribution in [2.24, 2.45) is 5.92 Å². The van der Waals surface area contributed by atoms with E-state index < -0.39 is 11.9 Å². The summed E-state index contributed by atoms with van der Waals surface area (Å²) in [7, 11) is 1.32. The monoisotopic (exact) mass is 285 g/mol. The molecule has 0 radical (unpaired) electrons. The molecule has 0 spiro atoms. The van der Waals surface area contributed by atoms with Crippen molar-refractivity contribution in [1.29, 1.82) is 0 Å². The van der Waals surface area contributed by atoms with E-state index in [0.29, 0.717) is 26.1 Å². The van der Waals surface area contributed by atoms with Crippen LogP contribution >= 0.6 is 0 Å². The fourth-order valence-corrected chi connectivity index (χ4v) is 2.54. The van der Waals surface area contributed by atoms with Gasteiger partial charge in [-0.25, -0.2) is 0 Å². The number of ether oxygens (including phenoxy) is 1. The molecule has 1 aliphatic heterocycles. The number of carbonyl (C=O) groups is 2. The summed E-state index contributed by atoms with van der Waals surface area (Å²) in [6, 6.07) is 8.02. The summed E-state index contributed by atoms with van der Waals surface area (Å²) in [6.45, 7) is 3.62. The third-order valence-electron chi connectivity index (χ3n) is 3.59. The van der Waals surface area contributed by atoms with Crippen LogP contribution in [0.25, 0.3) is 0 Å². The molecule has 110 valence electrons. The Hall–Kier alpha value is -2.12. The molecule has 0 aromatic heterocycles. The maximum absolute atomic E-state index is 11.8. The number of benzene rings is 1. The average molecular weight is 285 g/mol. The number of carbonyl (C=O) groups excluding carboxylic acids is 2. The van der Waals surface area contributed by atoms with Gasteiger partial charge in [0.15, 0.2) is 0 Å². The van der Waals surface area contributed by atoms with Crippen LogP contribution in [0.15, 0.2) is 24.3 Å². The normalized spacial score (nSPS) is 18.8. The lowest BCUT2D eigenvalue weighted by molar-refractivity contribution is -0.152. The lowest BCUT2D eigenvalue weighted by Gasteiger charge is -2.30. The molecule has 4 nitrogen and oxygen atoms in total. The van der Waals surface area contributed by atoms with E-state index in [-0.39, 0.29) is 5.78 Å². The zero-order valence-corrected chi connectivity index (χ0v) is 12.4. The minimum atomic E-state index is -0.651. The highest BCUT2D eigenvalue weighted by atomic mass is 16.5. The van der Waals surface area contributed by atoms with Crippen LogP contribution in [0.3, 0.4) is 0 Å². The second-order valence-electron chi connectivity index (χ2n) is 5.10. The molecular weight excluding hydrogens is 266 g/mol. The van der Waals surface area contributed by atoms with Crippen molar-refractivity contribution >= 4 is 11.8 Å². The van der Waals surface area contributed by atoms with Crippen LogP contribution < -0.4 is 0 Å². The van der Waals surface area contributed by atoms with Crippen LogP contribution in [-0.2, 0) is 20.9 Å². The van der Waals surface area contributed by atoms with Crippen LogP contribution in [0.4, 0.5) is 0 Å². The number of Topliss-reactive ketones (excluding diaryl/α,β-unsaturated/α-hetero) is 1. The van der Waals surface area contributed by atoms with Crippen LogP contribution in [0.2, 0.25) is 0 Å². The first-order valence-corrected chi connectivity index (χ1v) is 6.98. The highest BCUT2D eigenvalue weighted by Crippen LogP contribution is 2.17. The molecule has 1 saturated heterocycles. The Labute approximate surface area is 125 Å². The van der Waals surface area contributed by atoms with Gasteiger partial charge in [0.05, 0.1) is 7.11 Å². The molecule has 0 amide bonds. The summed E-state index contributed by atoms with van der Waals surface area (Å²) >= 11 is 0. The molecule has 2 rings (SSSR count). The van der Waals surface area contributed by atoms with E-state index in [1.807, 2.05) is 31.2 Å². The predicted molar refractivity (Wildman–Crippen MR) is 79.4 cm³/mol. The van der Waals surface area contributed by atoms with E-state index in [1.54, 1.807) is 0 Å². The fourth-order valence-electron chi connectivity index (χ4n) is 2.54. The average Bonchev–Trinajstić information content (AvgIpc) is 2.49. The number of nitrogens with zero attached hydrogens (tertiary/aromatic N) is 1.